The number of esters is 1. The van der Waals surface area contributed by atoms with Crippen molar-refractivity contribution in [3.05, 3.63) is 52.0 Å². The number of rotatable bonds is 8. The maximum Gasteiger partial charge on any atom is 0.340 e. The average Bonchev–Trinajstić information content (AvgIpc) is 3.58. The van der Waals surface area contributed by atoms with Crippen molar-refractivity contribution in [2.75, 3.05) is 32.8 Å². The van der Waals surface area contributed by atoms with Crippen molar-refractivity contribution in [1.29, 1.82) is 0 Å². The largest absolute Gasteiger partial charge is 0.462 e. The Kier molecular flexibility index (Phi) is 7.82. The molecule has 4 heterocycles. The zero-order valence-electron chi connectivity index (χ0n) is 20.6. The number of ether oxygens (including phenoxy) is 1. The molecular weight excluding hydrogens is 466 g/mol. The summed E-state index contributed by atoms with van der Waals surface area (Å²) in [7, 11) is 0. The molecule has 1 fully saturated rings. The Labute approximate surface area is 209 Å². The molecule has 0 unspecified atom stereocenters. The van der Waals surface area contributed by atoms with Gasteiger partial charge in [0.05, 0.1) is 23.6 Å². The van der Waals surface area contributed by atoms with Crippen LogP contribution >= 0.6 is 11.3 Å². The number of piperazine rings is 1. The SMILES string of the molecule is CCOC(=O)c1c(/C=C/C(=O)N2CCN(Cc3nc(-c4cccs4)no3)CC2)c(C)n(CC)c1C. The molecule has 0 saturated carbocycles. The molecule has 1 aliphatic rings. The highest BCUT2D eigenvalue weighted by Gasteiger charge is 2.24. The van der Waals surface area contributed by atoms with Gasteiger partial charge in [-0.1, -0.05) is 11.2 Å². The van der Waals surface area contributed by atoms with E-state index in [0.717, 1.165) is 28.4 Å². The van der Waals surface area contributed by atoms with E-state index in [-0.39, 0.29) is 11.9 Å². The van der Waals surface area contributed by atoms with Crippen LogP contribution < -0.4 is 0 Å². The smallest absolute Gasteiger partial charge is 0.340 e. The molecule has 0 radical (unpaired) electrons. The number of carbonyl (C=O) groups is 2. The molecule has 0 aliphatic carbocycles. The summed E-state index contributed by atoms with van der Waals surface area (Å²) in [5, 5.41) is 6.04. The third-order valence-corrected chi connectivity index (χ3v) is 7.14. The van der Waals surface area contributed by atoms with E-state index < -0.39 is 0 Å². The molecule has 9 nitrogen and oxygen atoms in total. The first-order chi connectivity index (χ1) is 16.9. The van der Waals surface area contributed by atoms with E-state index in [1.54, 1.807) is 30.4 Å². The summed E-state index contributed by atoms with van der Waals surface area (Å²) in [5.74, 6) is 0.757. The minimum Gasteiger partial charge on any atom is -0.462 e. The monoisotopic (exact) mass is 497 g/mol. The molecule has 0 aromatic carbocycles. The van der Waals surface area contributed by atoms with Crippen LogP contribution in [0.5, 0.6) is 0 Å². The third-order valence-electron chi connectivity index (χ3n) is 6.27. The van der Waals surface area contributed by atoms with Gasteiger partial charge in [-0.2, -0.15) is 4.98 Å². The Hall–Kier alpha value is -3.24. The number of carbonyl (C=O) groups excluding carboxylic acids is 2. The van der Waals surface area contributed by atoms with Gasteiger partial charge in [0.2, 0.25) is 17.6 Å². The van der Waals surface area contributed by atoms with Crippen LogP contribution in [0.25, 0.3) is 16.8 Å². The van der Waals surface area contributed by atoms with Crippen LogP contribution in [0, 0.1) is 13.8 Å². The maximum atomic E-state index is 12.9. The second kappa shape index (κ2) is 11.0. The van der Waals surface area contributed by atoms with E-state index in [9.17, 15) is 9.59 Å². The molecule has 4 rings (SSSR count). The topological polar surface area (TPSA) is 93.7 Å². The normalized spacial score (nSPS) is 14.7. The summed E-state index contributed by atoms with van der Waals surface area (Å²) >= 11 is 1.57. The lowest BCUT2D eigenvalue weighted by Crippen LogP contribution is -2.47. The minimum atomic E-state index is -0.357. The van der Waals surface area contributed by atoms with Gasteiger partial charge < -0.3 is 18.7 Å². The Morgan fingerprint density at radius 2 is 1.94 bits per heavy atom. The molecule has 0 N–H and O–H groups in total. The fraction of sp³-hybridized carbons (Fsp3) is 0.440. The fourth-order valence-electron chi connectivity index (χ4n) is 4.45. The van der Waals surface area contributed by atoms with Gasteiger partial charge in [-0.15, -0.1) is 11.3 Å². The zero-order chi connectivity index (χ0) is 24.9. The van der Waals surface area contributed by atoms with Crippen molar-refractivity contribution in [3.8, 4) is 10.7 Å². The molecule has 1 amide bonds. The predicted octanol–water partition coefficient (Wildman–Crippen LogP) is 3.77. The van der Waals surface area contributed by atoms with Crippen molar-refractivity contribution in [2.45, 2.75) is 40.8 Å². The van der Waals surface area contributed by atoms with Crippen molar-refractivity contribution >= 4 is 29.3 Å². The molecule has 0 atom stereocenters. The zero-order valence-corrected chi connectivity index (χ0v) is 21.4. The van der Waals surface area contributed by atoms with Gasteiger partial charge in [-0.25, -0.2) is 4.79 Å². The maximum absolute atomic E-state index is 12.9. The Balaban J connectivity index is 1.37. The van der Waals surface area contributed by atoms with Gasteiger partial charge in [-0.3, -0.25) is 9.69 Å². The number of amides is 1. The Bertz CT molecular complexity index is 1200. The van der Waals surface area contributed by atoms with Crippen molar-refractivity contribution < 1.29 is 18.8 Å². The summed E-state index contributed by atoms with van der Waals surface area (Å²) in [4.78, 5) is 35.0. The van der Waals surface area contributed by atoms with Crippen LogP contribution in [0.3, 0.4) is 0 Å². The van der Waals surface area contributed by atoms with E-state index in [1.807, 2.05) is 43.2 Å². The second-order valence-electron chi connectivity index (χ2n) is 8.35. The molecule has 3 aromatic rings. The highest BCUT2D eigenvalue weighted by Crippen LogP contribution is 2.25. The van der Waals surface area contributed by atoms with Crippen LogP contribution in [0.15, 0.2) is 28.1 Å². The first-order valence-corrected chi connectivity index (χ1v) is 12.7. The molecule has 186 valence electrons. The van der Waals surface area contributed by atoms with Crippen LogP contribution in [-0.4, -0.2) is 69.2 Å². The highest BCUT2D eigenvalue weighted by atomic mass is 32.1. The summed E-state index contributed by atoms with van der Waals surface area (Å²) in [6.45, 7) is 11.9. The molecule has 3 aromatic heterocycles. The number of aromatic nitrogens is 3. The molecule has 35 heavy (non-hydrogen) atoms. The van der Waals surface area contributed by atoms with Gasteiger partial charge in [0.25, 0.3) is 0 Å². The van der Waals surface area contributed by atoms with E-state index >= 15 is 0 Å². The van der Waals surface area contributed by atoms with E-state index in [4.69, 9.17) is 9.26 Å². The van der Waals surface area contributed by atoms with Crippen LogP contribution in [-0.2, 0) is 22.6 Å². The van der Waals surface area contributed by atoms with Crippen LogP contribution in [0.1, 0.15) is 47.0 Å². The van der Waals surface area contributed by atoms with E-state index in [2.05, 4.69) is 19.6 Å². The number of hydrogen-bond donors (Lipinski definition) is 0. The summed E-state index contributed by atoms with van der Waals surface area (Å²) in [5.41, 5.74) is 3.07. The number of thiophene rings is 1. The Morgan fingerprint density at radius 1 is 1.17 bits per heavy atom. The van der Waals surface area contributed by atoms with Crippen LogP contribution in [0.4, 0.5) is 0 Å². The van der Waals surface area contributed by atoms with Gasteiger partial charge in [-0.05, 0) is 45.2 Å². The third kappa shape index (κ3) is 5.38. The van der Waals surface area contributed by atoms with Gasteiger partial charge in [0.1, 0.15) is 0 Å². The molecule has 0 spiro atoms. The number of nitrogens with zero attached hydrogens (tertiary/aromatic N) is 5. The second-order valence-corrected chi connectivity index (χ2v) is 9.30. The standard InChI is InChI=1S/C25H31N5O4S/c1-5-30-17(3)19(23(18(30)4)25(32)33-6-2)9-10-22(31)29-13-11-28(12-14-29)16-21-26-24(27-34-21)20-8-7-15-35-20/h7-10,15H,5-6,11-14,16H2,1-4H3/b10-9+. The molecule has 10 heteroatoms. The van der Waals surface area contributed by atoms with Crippen LogP contribution in [0.2, 0.25) is 0 Å². The van der Waals surface area contributed by atoms with E-state index in [1.165, 1.54) is 0 Å². The minimum absolute atomic E-state index is 0.0708. The van der Waals surface area contributed by atoms with Gasteiger partial charge in [0, 0.05) is 55.8 Å². The molecular formula is C25H31N5O4S. The first-order valence-electron chi connectivity index (χ1n) is 11.9. The average molecular weight is 498 g/mol. The van der Waals surface area contributed by atoms with E-state index in [0.29, 0.717) is 56.6 Å². The van der Waals surface area contributed by atoms with Crippen molar-refractivity contribution in [3.63, 3.8) is 0 Å². The summed E-state index contributed by atoms with van der Waals surface area (Å²) in [6.07, 6.45) is 3.31. The van der Waals surface area contributed by atoms with Gasteiger partial charge in [0.15, 0.2) is 0 Å². The molecule has 0 bridgehead atoms. The fourth-order valence-corrected chi connectivity index (χ4v) is 5.10. The molecule has 1 aliphatic heterocycles. The lowest BCUT2D eigenvalue weighted by atomic mass is 10.1. The molecule has 1 saturated heterocycles. The summed E-state index contributed by atoms with van der Waals surface area (Å²) < 4.78 is 12.7. The lowest BCUT2D eigenvalue weighted by molar-refractivity contribution is -0.127. The Morgan fingerprint density at radius 3 is 2.60 bits per heavy atom. The number of hydrogen-bond acceptors (Lipinski definition) is 8. The summed E-state index contributed by atoms with van der Waals surface area (Å²) in [6, 6.07) is 3.92. The van der Waals surface area contributed by atoms with Crippen molar-refractivity contribution in [1.82, 2.24) is 24.5 Å². The van der Waals surface area contributed by atoms with Gasteiger partial charge >= 0.3 is 5.97 Å². The predicted molar refractivity (Wildman–Crippen MR) is 134 cm³/mol. The first kappa shape index (κ1) is 24.9. The lowest BCUT2D eigenvalue weighted by Gasteiger charge is -2.33. The highest BCUT2D eigenvalue weighted by molar-refractivity contribution is 7.13. The van der Waals surface area contributed by atoms with Crippen molar-refractivity contribution in [2.24, 2.45) is 0 Å². The quantitative estimate of drug-likeness (QED) is 0.345.